The van der Waals surface area contributed by atoms with Crippen LogP contribution in [0.15, 0.2) is 18.2 Å². The van der Waals surface area contributed by atoms with Gasteiger partial charge in [0.1, 0.15) is 5.56 Å². The molecule has 20 heavy (non-hydrogen) atoms. The van der Waals surface area contributed by atoms with Crippen molar-refractivity contribution in [2.45, 2.75) is 20.0 Å². The molecule has 106 valence electrons. The predicted octanol–water partition coefficient (Wildman–Crippen LogP) is 1.75. The summed E-state index contributed by atoms with van der Waals surface area (Å²) in [7, 11) is 1.31. The second-order valence-corrected chi connectivity index (χ2v) is 4.31. The lowest BCUT2D eigenvalue weighted by molar-refractivity contribution is 0.0602. The smallest absolute Gasteiger partial charge is 0.341 e. The number of rotatable bonds is 5. The van der Waals surface area contributed by atoms with Gasteiger partial charge in [0.05, 0.1) is 30.9 Å². The first-order valence-electron chi connectivity index (χ1n) is 6.03. The Hall–Kier alpha value is -2.15. The van der Waals surface area contributed by atoms with Gasteiger partial charge in [-0.1, -0.05) is 17.7 Å². The standard InChI is InChI=1S/C12H14ClN5O2/c1-3-18-16-10(15-17-18)7-14-9-6-4-5-8(13)11(9)12(19)20-2/h4-6,14H,3,7H2,1-2H3. The predicted molar refractivity (Wildman–Crippen MR) is 73.6 cm³/mol. The molecule has 0 unspecified atom stereocenters. The van der Waals surface area contributed by atoms with Crippen molar-refractivity contribution in [2.24, 2.45) is 0 Å². The van der Waals surface area contributed by atoms with E-state index in [0.29, 0.717) is 35.2 Å². The summed E-state index contributed by atoms with van der Waals surface area (Å²) in [4.78, 5) is 13.2. The molecule has 0 amide bonds. The monoisotopic (exact) mass is 295 g/mol. The van der Waals surface area contributed by atoms with Gasteiger partial charge < -0.3 is 10.1 Å². The van der Waals surface area contributed by atoms with Crippen LogP contribution in [0.4, 0.5) is 5.69 Å². The molecule has 0 radical (unpaired) electrons. The zero-order chi connectivity index (χ0) is 14.5. The fourth-order valence-corrected chi connectivity index (χ4v) is 1.89. The van der Waals surface area contributed by atoms with E-state index in [1.54, 1.807) is 18.2 Å². The summed E-state index contributed by atoms with van der Waals surface area (Å²) >= 11 is 6.02. The Bertz CT molecular complexity index is 614. The average molecular weight is 296 g/mol. The van der Waals surface area contributed by atoms with Gasteiger partial charge in [0, 0.05) is 0 Å². The highest BCUT2D eigenvalue weighted by Gasteiger charge is 2.16. The Morgan fingerprint density at radius 1 is 1.50 bits per heavy atom. The molecule has 2 aromatic rings. The molecule has 0 fully saturated rings. The maximum absolute atomic E-state index is 11.7. The van der Waals surface area contributed by atoms with Crippen molar-refractivity contribution in [2.75, 3.05) is 12.4 Å². The van der Waals surface area contributed by atoms with Gasteiger partial charge >= 0.3 is 5.97 Å². The first kappa shape index (κ1) is 14.3. The van der Waals surface area contributed by atoms with Crippen LogP contribution in [0.1, 0.15) is 23.1 Å². The van der Waals surface area contributed by atoms with Gasteiger partial charge in [0.2, 0.25) is 0 Å². The summed E-state index contributed by atoms with van der Waals surface area (Å²) in [6.07, 6.45) is 0. The molecular formula is C12H14ClN5O2. The van der Waals surface area contributed by atoms with Crippen LogP contribution in [0.2, 0.25) is 5.02 Å². The second-order valence-electron chi connectivity index (χ2n) is 3.90. The van der Waals surface area contributed by atoms with Crippen molar-refractivity contribution in [3.63, 3.8) is 0 Å². The Labute approximate surface area is 120 Å². The summed E-state index contributed by atoms with van der Waals surface area (Å²) in [5, 5.41) is 15.3. The zero-order valence-electron chi connectivity index (χ0n) is 11.1. The van der Waals surface area contributed by atoms with E-state index >= 15 is 0 Å². The van der Waals surface area contributed by atoms with Crippen LogP contribution in [0, 0.1) is 0 Å². The molecular weight excluding hydrogens is 282 g/mol. The van der Waals surface area contributed by atoms with Crippen LogP contribution < -0.4 is 5.32 Å². The first-order chi connectivity index (χ1) is 9.65. The van der Waals surface area contributed by atoms with Crippen LogP contribution in [0.25, 0.3) is 0 Å². The van der Waals surface area contributed by atoms with Gasteiger partial charge in [-0.2, -0.15) is 4.80 Å². The highest BCUT2D eigenvalue weighted by atomic mass is 35.5. The summed E-state index contributed by atoms with van der Waals surface area (Å²) in [5.41, 5.74) is 0.858. The largest absolute Gasteiger partial charge is 0.465 e. The van der Waals surface area contributed by atoms with Crippen molar-refractivity contribution >= 4 is 23.3 Å². The molecule has 0 saturated heterocycles. The number of nitrogens with one attached hydrogen (secondary N) is 1. The minimum Gasteiger partial charge on any atom is -0.465 e. The highest BCUT2D eigenvalue weighted by Crippen LogP contribution is 2.25. The number of aryl methyl sites for hydroxylation is 1. The van der Waals surface area contributed by atoms with Crippen LogP contribution in [-0.4, -0.2) is 33.3 Å². The summed E-state index contributed by atoms with van der Waals surface area (Å²) in [6, 6.07) is 5.11. The maximum Gasteiger partial charge on any atom is 0.341 e. The van der Waals surface area contributed by atoms with E-state index in [1.165, 1.54) is 11.9 Å². The molecule has 0 bridgehead atoms. The van der Waals surface area contributed by atoms with Gasteiger partial charge in [0.15, 0.2) is 5.82 Å². The quantitative estimate of drug-likeness (QED) is 0.846. The Morgan fingerprint density at radius 2 is 2.30 bits per heavy atom. The summed E-state index contributed by atoms with van der Waals surface area (Å²) < 4.78 is 4.72. The molecule has 1 heterocycles. The molecule has 0 spiro atoms. The Morgan fingerprint density at radius 3 is 2.95 bits per heavy atom. The number of benzene rings is 1. The highest BCUT2D eigenvalue weighted by molar-refractivity contribution is 6.34. The van der Waals surface area contributed by atoms with Gasteiger partial charge in [-0.05, 0) is 24.3 Å². The lowest BCUT2D eigenvalue weighted by Gasteiger charge is -2.10. The third-order valence-electron chi connectivity index (χ3n) is 2.62. The van der Waals surface area contributed by atoms with Crippen LogP contribution in [-0.2, 0) is 17.8 Å². The SMILES string of the molecule is CCn1nnc(CNc2cccc(Cl)c2C(=O)OC)n1. The van der Waals surface area contributed by atoms with Crippen molar-refractivity contribution in [3.05, 3.63) is 34.6 Å². The normalized spacial score (nSPS) is 10.3. The number of tetrazole rings is 1. The molecule has 0 atom stereocenters. The molecule has 2 rings (SSSR count). The molecule has 8 heteroatoms. The number of hydrogen-bond donors (Lipinski definition) is 1. The molecule has 0 saturated carbocycles. The number of esters is 1. The Kier molecular flexibility index (Phi) is 4.52. The number of halogens is 1. The second kappa shape index (κ2) is 6.33. The van der Waals surface area contributed by atoms with Crippen molar-refractivity contribution in [1.82, 2.24) is 20.2 Å². The fourth-order valence-electron chi connectivity index (χ4n) is 1.64. The third-order valence-corrected chi connectivity index (χ3v) is 2.93. The van der Waals surface area contributed by atoms with Crippen molar-refractivity contribution < 1.29 is 9.53 Å². The van der Waals surface area contributed by atoms with Gasteiger partial charge in [0.25, 0.3) is 0 Å². The van der Waals surface area contributed by atoms with E-state index in [-0.39, 0.29) is 0 Å². The number of carbonyl (C=O) groups is 1. The van der Waals surface area contributed by atoms with Crippen LogP contribution in [0.3, 0.4) is 0 Å². The van der Waals surface area contributed by atoms with Crippen LogP contribution in [0.5, 0.6) is 0 Å². The first-order valence-corrected chi connectivity index (χ1v) is 6.41. The van der Waals surface area contributed by atoms with Gasteiger partial charge in [-0.15, -0.1) is 10.2 Å². The molecule has 0 aliphatic rings. The van der Waals surface area contributed by atoms with E-state index in [0.717, 1.165) is 0 Å². The van der Waals surface area contributed by atoms with Crippen LogP contribution >= 0.6 is 11.6 Å². The van der Waals surface area contributed by atoms with E-state index in [1.807, 2.05) is 6.92 Å². The van der Waals surface area contributed by atoms with E-state index in [9.17, 15) is 4.79 Å². The number of carbonyl (C=O) groups excluding carboxylic acids is 1. The minimum absolute atomic E-state index is 0.291. The minimum atomic E-state index is -0.497. The number of anilines is 1. The number of methoxy groups -OCH3 is 1. The fraction of sp³-hybridized carbons (Fsp3) is 0.333. The zero-order valence-corrected chi connectivity index (χ0v) is 11.9. The molecule has 0 aliphatic heterocycles. The molecule has 7 nitrogen and oxygen atoms in total. The molecule has 1 N–H and O–H groups in total. The molecule has 1 aromatic carbocycles. The lowest BCUT2D eigenvalue weighted by atomic mass is 10.1. The summed E-state index contributed by atoms with van der Waals surface area (Å²) in [5.74, 6) is 0.0333. The van der Waals surface area contributed by atoms with Gasteiger partial charge in [-0.3, -0.25) is 0 Å². The number of hydrogen-bond acceptors (Lipinski definition) is 6. The van der Waals surface area contributed by atoms with E-state index < -0.39 is 5.97 Å². The van der Waals surface area contributed by atoms with Crippen molar-refractivity contribution in [1.29, 1.82) is 0 Å². The lowest BCUT2D eigenvalue weighted by Crippen LogP contribution is -2.10. The Balaban J connectivity index is 2.16. The number of nitrogens with zero attached hydrogens (tertiary/aromatic N) is 4. The maximum atomic E-state index is 11.7. The molecule has 1 aromatic heterocycles. The topological polar surface area (TPSA) is 81.9 Å². The van der Waals surface area contributed by atoms with Gasteiger partial charge in [-0.25, -0.2) is 4.79 Å². The average Bonchev–Trinajstić information content (AvgIpc) is 2.92. The third kappa shape index (κ3) is 3.05. The number of ether oxygens (including phenoxy) is 1. The number of aromatic nitrogens is 4. The molecule has 0 aliphatic carbocycles. The van der Waals surface area contributed by atoms with E-state index in [2.05, 4.69) is 20.7 Å². The van der Waals surface area contributed by atoms with E-state index in [4.69, 9.17) is 16.3 Å². The summed E-state index contributed by atoms with van der Waals surface area (Å²) in [6.45, 7) is 2.91. The van der Waals surface area contributed by atoms with Crippen molar-refractivity contribution in [3.8, 4) is 0 Å².